The van der Waals surface area contributed by atoms with Crippen LogP contribution in [0.25, 0.3) is 10.9 Å². The molecule has 0 aliphatic rings. The van der Waals surface area contributed by atoms with Gasteiger partial charge in [-0.05, 0) is 31.2 Å². The minimum atomic E-state index is -0.416. The van der Waals surface area contributed by atoms with Crippen LogP contribution in [-0.2, 0) is 4.79 Å². The lowest BCUT2D eigenvalue weighted by atomic mass is 10.2. The van der Waals surface area contributed by atoms with Gasteiger partial charge in [0.1, 0.15) is 30.3 Å². The highest BCUT2D eigenvalue weighted by atomic mass is 79.9. The zero-order valence-corrected chi connectivity index (χ0v) is 16.9. The minimum absolute atomic E-state index is 0.133. The number of nitrogen functional groups attached to an aromatic ring is 1. The Bertz CT molecular complexity index is 1030. The monoisotopic (exact) mass is 447 g/mol. The summed E-state index contributed by atoms with van der Waals surface area (Å²) in [5, 5.41) is 6.34. The molecule has 3 aromatic rings. The van der Waals surface area contributed by atoms with E-state index in [4.69, 9.17) is 10.5 Å². The molecule has 2 aromatic carbocycles. The Morgan fingerprint density at radius 2 is 2.11 bits per heavy atom. The molecule has 7 nitrogen and oxygen atoms in total. The highest BCUT2D eigenvalue weighted by molar-refractivity contribution is 9.10. The van der Waals surface area contributed by atoms with Crippen molar-refractivity contribution in [2.75, 3.05) is 17.7 Å². The predicted molar refractivity (Wildman–Crippen MR) is 110 cm³/mol. The van der Waals surface area contributed by atoms with Crippen molar-refractivity contribution >= 4 is 49.9 Å². The molecular formula is C19H19BrFN5O2. The maximum absolute atomic E-state index is 14.1. The third-order valence-electron chi connectivity index (χ3n) is 3.89. The van der Waals surface area contributed by atoms with Crippen LogP contribution in [0.4, 0.5) is 21.6 Å². The molecule has 4 N–H and O–H groups in total. The van der Waals surface area contributed by atoms with Crippen molar-refractivity contribution in [3.05, 3.63) is 46.9 Å². The molecule has 1 aromatic heterocycles. The molecule has 0 radical (unpaired) electrons. The van der Waals surface area contributed by atoms with Crippen molar-refractivity contribution in [3.63, 3.8) is 0 Å². The van der Waals surface area contributed by atoms with E-state index in [0.717, 1.165) is 0 Å². The van der Waals surface area contributed by atoms with Gasteiger partial charge in [0.15, 0.2) is 0 Å². The van der Waals surface area contributed by atoms with Gasteiger partial charge in [-0.3, -0.25) is 4.79 Å². The number of carbonyl (C=O) groups is 1. The van der Waals surface area contributed by atoms with Gasteiger partial charge in [-0.2, -0.15) is 0 Å². The standard InChI is InChI=1S/C19H19BrFN5O2/c1-10(25-11(2)27)8-28-18-7-17-13(6-15(18)22)19(24-9-23-17)26-16-4-3-12(20)5-14(16)21/h3-7,9-10H,8,22H2,1-2H3,(H,25,27)(H,23,24,26)/t10-/m1/s1. The number of nitrogens with zero attached hydrogens (tertiary/aromatic N) is 2. The van der Waals surface area contributed by atoms with Crippen LogP contribution in [0.3, 0.4) is 0 Å². The number of aromatic nitrogens is 2. The average Bonchev–Trinajstić information content (AvgIpc) is 2.62. The maximum atomic E-state index is 14.1. The van der Waals surface area contributed by atoms with Crippen molar-refractivity contribution in [2.45, 2.75) is 19.9 Å². The number of ether oxygens (including phenoxy) is 1. The van der Waals surface area contributed by atoms with Gasteiger partial charge in [-0.25, -0.2) is 14.4 Å². The van der Waals surface area contributed by atoms with E-state index in [9.17, 15) is 9.18 Å². The highest BCUT2D eigenvalue weighted by Gasteiger charge is 2.12. The van der Waals surface area contributed by atoms with Crippen LogP contribution in [0.2, 0.25) is 0 Å². The summed E-state index contributed by atoms with van der Waals surface area (Å²) in [6, 6.07) is 7.89. The van der Waals surface area contributed by atoms with Crippen molar-refractivity contribution in [3.8, 4) is 5.75 Å². The summed E-state index contributed by atoms with van der Waals surface area (Å²) < 4.78 is 20.5. The average molecular weight is 448 g/mol. The molecule has 0 saturated carbocycles. The van der Waals surface area contributed by atoms with Gasteiger partial charge in [-0.15, -0.1) is 0 Å². The van der Waals surface area contributed by atoms with Crippen molar-refractivity contribution in [2.24, 2.45) is 0 Å². The molecule has 0 spiro atoms. The number of amides is 1. The van der Waals surface area contributed by atoms with E-state index in [1.54, 1.807) is 24.3 Å². The second kappa shape index (κ2) is 8.39. The van der Waals surface area contributed by atoms with Gasteiger partial charge >= 0.3 is 0 Å². The first kappa shape index (κ1) is 19.8. The number of carbonyl (C=O) groups excluding carboxylic acids is 1. The van der Waals surface area contributed by atoms with E-state index in [1.807, 2.05) is 6.92 Å². The van der Waals surface area contributed by atoms with E-state index in [0.29, 0.717) is 32.6 Å². The Balaban J connectivity index is 1.86. The Kier molecular flexibility index (Phi) is 5.93. The van der Waals surface area contributed by atoms with Crippen LogP contribution in [0, 0.1) is 5.82 Å². The maximum Gasteiger partial charge on any atom is 0.217 e. The van der Waals surface area contributed by atoms with Crippen LogP contribution in [0.1, 0.15) is 13.8 Å². The summed E-state index contributed by atoms with van der Waals surface area (Å²) in [5.41, 5.74) is 7.37. The molecule has 3 rings (SSSR count). The molecule has 146 valence electrons. The minimum Gasteiger partial charge on any atom is -0.489 e. The van der Waals surface area contributed by atoms with Crippen molar-refractivity contribution < 1.29 is 13.9 Å². The Labute approximate surface area is 169 Å². The summed E-state index contributed by atoms with van der Waals surface area (Å²) in [6.07, 6.45) is 1.38. The van der Waals surface area contributed by atoms with Crippen LogP contribution in [0.15, 0.2) is 41.1 Å². The van der Waals surface area contributed by atoms with Crippen LogP contribution in [-0.4, -0.2) is 28.5 Å². The fourth-order valence-electron chi connectivity index (χ4n) is 2.65. The Morgan fingerprint density at radius 3 is 2.82 bits per heavy atom. The lowest BCUT2D eigenvalue weighted by Crippen LogP contribution is -2.35. The van der Waals surface area contributed by atoms with E-state index >= 15 is 0 Å². The first-order valence-corrected chi connectivity index (χ1v) is 9.29. The smallest absolute Gasteiger partial charge is 0.217 e. The molecule has 0 aliphatic heterocycles. The van der Waals surface area contributed by atoms with E-state index in [1.165, 1.54) is 19.3 Å². The second-order valence-electron chi connectivity index (χ2n) is 6.29. The molecule has 1 atom stereocenters. The quantitative estimate of drug-likeness (QED) is 0.497. The van der Waals surface area contributed by atoms with Crippen molar-refractivity contribution in [1.82, 2.24) is 15.3 Å². The van der Waals surface area contributed by atoms with Crippen LogP contribution < -0.4 is 21.1 Å². The zero-order chi connectivity index (χ0) is 20.3. The third-order valence-corrected chi connectivity index (χ3v) is 4.38. The largest absolute Gasteiger partial charge is 0.489 e. The van der Waals surface area contributed by atoms with Gasteiger partial charge in [0, 0.05) is 22.8 Å². The molecule has 0 saturated heterocycles. The number of rotatable bonds is 6. The number of hydrogen-bond donors (Lipinski definition) is 3. The van der Waals surface area contributed by atoms with Gasteiger partial charge in [0.2, 0.25) is 5.91 Å². The first-order chi connectivity index (χ1) is 13.3. The Hall–Kier alpha value is -2.94. The lowest BCUT2D eigenvalue weighted by molar-refractivity contribution is -0.119. The van der Waals surface area contributed by atoms with Crippen LogP contribution in [0.5, 0.6) is 5.75 Å². The molecule has 0 fully saturated rings. The van der Waals surface area contributed by atoms with Gasteiger partial charge in [-0.1, -0.05) is 15.9 Å². The zero-order valence-electron chi connectivity index (χ0n) is 15.3. The number of nitrogens with one attached hydrogen (secondary N) is 2. The predicted octanol–water partition coefficient (Wildman–Crippen LogP) is 3.76. The normalized spacial score (nSPS) is 11.9. The van der Waals surface area contributed by atoms with Gasteiger partial charge < -0.3 is 21.1 Å². The summed E-state index contributed by atoms with van der Waals surface area (Å²) >= 11 is 3.23. The van der Waals surface area contributed by atoms with E-state index in [2.05, 4.69) is 36.5 Å². The summed E-state index contributed by atoms with van der Waals surface area (Å²) in [6.45, 7) is 3.53. The molecule has 1 amide bonds. The topological polar surface area (TPSA) is 102 Å². The molecule has 28 heavy (non-hydrogen) atoms. The van der Waals surface area contributed by atoms with E-state index < -0.39 is 5.82 Å². The number of anilines is 3. The van der Waals surface area contributed by atoms with Crippen LogP contribution >= 0.6 is 15.9 Å². The molecular weight excluding hydrogens is 429 g/mol. The van der Waals surface area contributed by atoms with Gasteiger partial charge in [0.05, 0.1) is 22.9 Å². The fourth-order valence-corrected chi connectivity index (χ4v) is 2.98. The van der Waals surface area contributed by atoms with Crippen molar-refractivity contribution in [1.29, 1.82) is 0 Å². The fraction of sp³-hybridized carbons (Fsp3) is 0.211. The van der Waals surface area contributed by atoms with E-state index in [-0.39, 0.29) is 24.2 Å². The molecule has 9 heteroatoms. The Morgan fingerprint density at radius 1 is 1.32 bits per heavy atom. The molecule has 0 bridgehead atoms. The number of hydrogen-bond acceptors (Lipinski definition) is 6. The second-order valence-corrected chi connectivity index (χ2v) is 7.21. The summed E-state index contributed by atoms with van der Waals surface area (Å²) in [5.74, 6) is 0.326. The molecule has 1 heterocycles. The number of nitrogens with two attached hydrogens (primary N) is 1. The lowest BCUT2D eigenvalue weighted by Gasteiger charge is -2.16. The molecule has 0 unspecified atom stereocenters. The first-order valence-electron chi connectivity index (χ1n) is 8.49. The SMILES string of the molecule is CC(=O)N[C@H](C)COc1cc2ncnc(Nc3ccc(Br)cc3F)c2cc1N. The molecule has 0 aliphatic carbocycles. The number of halogens is 2. The highest BCUT2D eigenvalue weighted by Crippen LogP contribution is 2.32. The number of fused-ring (bicyclic) bond motifs is 1. The third kappa shape index (κ3) is 4.66. The summed E-state index contributed by atoms with van der Waals surface area (Å²) in [4.78, 5) is 19.5. The number of benzene rings is 2. The summed E-state index contributed by atoms with van der Waals surface area (Å²) in [7, 11) is 0. The van der Waals surface area contributed by atoms with Gasteiger partial charge in [0.25, 0.3) is 0 Å².